The van der Waals surface area contributed by atoms with E-state index in [1.807, 2.05) is 19.1 Å². The van der Waals surface area contributed by atoms with Gasteiger partial charge in [0.2, 0.25) is 0 Å². The third kappa shape index (κ3) is 2.80. The van der Waals surface area contributed by atoms with E-state index in [9.17, 15) is 0 Å². The van der Waals surface area contributed by atoms with E-state index in [-0.39, 0.29) is 0 Å². The number of aliphatic imine (C=N–C) groups is 1. The minimum absolute atomic E-state index is 0.679. The summed E-state index contributed by atoms with van der Waals surface area (Å²) in [6, 6.07) is 7.26. The summed E-state index contributed by atoms with van der Waals surface area (Å²) in [4.78, 5) is 4.46. The first kappa shape index (κ1) is 13.2. The van der Waals surface area contributed by atoms with Gasteiger partial charge in [0.05, 0.1) is 11.4 Å². The number of nitrogens with zero attached hydrogens (tertiary/aromatic N) is 4. The largest absolute Gasteiger partial charge is 0.234 e. The van der Waals surface area contributed by atoms with Gasteiger partial charge in [0.15, 0.2) is 0 Å². The van der Waals surface area contributed by atoms with E-state index >= 15 is 0 Å². The molecular formula is C14H13ClN4. The average Bonchev–Trinajstić information content (AvgIpc) is 2.84. The van der Waals surface area contributed by atoms with Crippen LogP contribution in [-0.2, 0) is 0 Å². The first-order chi connectivity index (χ1) is 9.15. The summed E-state index contributed by atoms with van der Waals surface area (Å²) >= 11 is 5.83. The molecule has 0 aliphatic carbocycles. The molecule has 0 bridgehead atoms. The highest BCUT2D eigenvalue weighted by Crippen LogP contribution is 2.17. The second kappa shape index (κ2) is 5.63. The van der Waals surface area contributed by atoms with Gasteiger partial charge in [-0.15, -0.1) is 5.10 Å². The molecule has 0 aliphatic rings. The monoisotopic (exact) mass is 272 g/mol. The molecule has 0 saturated heterocycles. The van der Waals surface area contributed by atoms with Gasteiger partial charge in [0.25, 0.3) is 0 Å². The lowest BCUT2D eigenvalue weighted by atomic mass is 10.3. The molecule has 0 radical (unpaired) electrons. The highest BCUT2D eigenvalue weighted by atomic mass is 35.5. The maximum atomic E-state index is 5.83. The molecule has 5 heteroatoms. The third-order valence-electron chi connectivity index (χ3n) is 2.54. The van der Waals surface area contributed by atoms with E-state index in [1.54, 1.807) is 29.0 Å². The van der Waals surface area contributed by atoms with Crippen LogP contribution in [0.4, 0.5) is 5.69 Å². The third-order valence-corrected chi connectivity index (χ3v) is 2.80. The summed E-state index contributed by atoms with van der Waals surface area (Å²) in [5, 5.41) is 8.72. The number of rotatable bonds is 3. The molecule has 1 aromatic heterocycles. The lowest BCUT2D eigenvalue weighted by Gasteiger charge is -2.03. The van der Waals surface area contributed by atoms with Gasteiger partial charge in [0, 0.05) is 5.02 Å². The SMILES string of the molecule is C=Cc1nnn(C(C)=Nc2ccc(Cl)cc2)c1C=C. The van der Waals surface area contributed by atoms with Gasteiger partial charge in [-0.1, -0.05) is 30.0 Å². The molecule has 2 aromatic rings. The van der Waals surface area contributed by atoms with Crippen molar-refractivity contribution < 1.29 is 0 Å². The molecule has 0 spiro atoms. The van der Waals surface area contributed by atoms with E-state index in [4.69, 9.17) is 11.6 Å². The van der Waals surface area contributed by atoms with Crippen molar-refractivity contribution in [2.45, 2.75) is 6.92 Å². The number of halogens is 1. The van der Waals surface area contributed by atoms with Gasteiger partial charge in [0.1, 0.15) is 11.5 Å². The summed E-state index contributed by atoms with van der Waals surface area (Å²) < 4.78 is 1.62. The molecule has 0 N–H and O–H groups in total. The van der Waals surface area contributed by atoms with Crippen LogP contribution in [0.25, 0.3) is 12.2 Å². The van der Waals surface area contributed by atoms with Crippen molar-refractivity contribution in [2.75, 3.05) is 0 Å². The van der Waals surface area contributed by atoms with Gasteiger partial charge in [-0.05, 0) is 43.3 Å². The molecule has 0 amide bonds. The minimum atomic E-state index is 0.679. The fraction of sp³-hybridized carbons (Fsp3) is 0.0714. The molecule has 0 unspecified atom stereocenters. The summed E-state index contributed by atoms with van der Waals surface area (Å²) in [7, 11) is 0. The highest BCUT2D eigenvalue weighted by molar-refractivity contribution is 6.30. The zero-order chi connectivity index (χ0) is 13.8. The average molecular weight is 273 g/mol. The van der Waals surface area contributed by atoms with Crippen LogP contribution in [0.5, 0.6) is 0 Å². The molecule has 96 valence electrons. The van der Waals surface area contributed by atoms with Crippen molar-refractivity contribution in [3.8, 4) is 0 Å². The summed E-state index contributed by atoms with van der Waals surface area (Å²) in [6.07, 6.45) is 3.31. The van der Waals surface area contributed by atoms with Crippen LogP contribution in [0.1, 0.15) is 18.3 Å². The fourth-order valence-electron chi connectivity index (χ4n) is 1.63. The van der Waals surface area contributed by atoms with Gasteiger partial charge >= 0.3 is 0 Å². The van der Waals surface area contributed by atoms with E-state index in [0.717, 1.165) is 11.4 Å². The Morgan fingerprint density at radius 1 is 1.26 bits per heavy atom. The Morgan fingerprint density at radius 2 is 1.95 bits per heavy atom. The molecule has 0 atom stereocenters. The molecule has 0 aliphatic heterocycles. The van der Waals surface area contributed by atoms with Crippen LogP contribution in [0.15, 0.2) is 42.4 Å². The standard InChI is InChI=1S/C14H13ClN4/c1-4-13-14(5-2)19(18-17-13)10(3)16-12-8-6-11(15)7-9-12/h4-9H,1-2H2,3H3. The minimum Gasteiger partial charge on any atom is -0.234 e. The van der Waals surface area contributed by atoms with Crippen LogP contribution in [0.3, 0.4) is 0 Å². The van der Waals surface area contributed by atoms with Gasteiger partial charge in [-0.2, -0.15) is 4.68 Å². The molecule has 0 fully saturated rings. The predicted octanol–water partition coefficient (Wildman–Crippen LogP) is 3.82. The number of benzene rings is 1. The fourth-order valence-corrected chi connectivity index (χ4v) is 1.75. The van der Waals surface area contributed by atoms with Gasteiger partial charge < -0.3 is 0 Å². The smallest absolute Gasteiger partial charge is 0.129 e. The van der Waals surface area contributed by atoms with Crippen molar-refractivity contribution in [2.24, 2.45) is 4.99 Å². The molecular weight excluding hydrogens is 260 g/mol. The first-order valence-corrected chi connectivity index (χ1v) is 6.05. The molecule has 0 saturated carbocycles. The lowest BCUT2D eigenvalue weighted by Crippen LogP contribution is -2.11. The van der Waals surface area contributed by atoms with E-state index < -0.39 is 0 Å². The van der Waals surface area contributed by atoms with Crippen LogP contribution < -0.4 is 0 Å². The van der Waals surface area contributed by atoms with E-state index in [0.29, 0.717) is 16.6 Å². The molecule has 19 heavy (non-hydrogen) atoms. The number of aromatic nitrogens is 3. The number of hydrogen-bond acceptors (Lipinski definition) is 3. The Labute approximate surface area is 116 Å². The molecule has 1 heterocycles. The quantitative estimate of drug-likeness (QED) is 0.630. The maximum Gasteiger partial charge on any atom is 0.129 e. The van der Waals surface area contributed by atoms with Crippen molar-refractivity contribution in [3.05, 3.63) is 53.8 Å². The van der Waals surface area contributed by atoms with Crippen LogP contribution in [0.2, 0.25) is 5.02 Å². The van der Waals surface area contributed by atoms with Crippen molar-refractivity contribution in [1.82, 2.24) is 15.0 Å². The van der Waals surface area contributed by atoms with Crippen molar-refractivity contribution in [3.63, 3.8) is 0 Å². The van der Waals surface area contributed by atoms with E-state index in [2.05, 4.69) is 28.5 Å². The summed E-state index contributed by atoms with van der Waals surface area (Å²) in [5.74, 6) is 0.692. The Kier molecular flexibility index (Phi) is 3.92. The van der Waals surface area contributed by atoms with Gasteiger partial charge in [-0.25, -0.2) is 4.99 Å². The normalized spacial score (nSPS) is 11.4. The number of hydrogen-bond donors (Lipinski definition) is 0. The van der Waals surface area contributed by atoms with Crippen LogP contribution in [-0.4, -0.2) is 20.8 Å². The second-order valence-corrected chi connectivity index (χ2v) is 4.25. The predicted molar refractivity (Wildman–Crippen MR) is 79.8 cm³/mol. The summed E-state index contributed by atoms with van der Waals surface area (Å²) in [5.41, 5.74) is 2.25. The summed E-state index contributed by atoms with van der Waals surface area (Å²) in [6.45, 7) is 9.29. The topological polar surface area (TPSA) is 43.1 Å². The Morgan fingerprint density at radius 3 is 2.53 bits per heavy atom. The lowest BCUT2D eigenvalue weighted by molar-refractivity contribution is 0.832. The van der Waals surface area contributed by atoms with Crippen LogP contribution in [0, 0.1) is 0 Å². The maximum absolute atomic E-state index is 5.83. The zero-order valence-corrected chi connectivity index (χ0v) is 11.3. The molecule has 1 aromatic carbocycles. The molecule has 2 rings (SSSR count). The van der Waals surface area contributed by atoms with Gasteiger partial charge in [-0.3, -0.25) is 0 Å². The zero-order valence-electron chi connectivity index (χ0n) is 10.5. The Hall–Kier alpha value is -2.20. The van der Waals surface area contributed by atoms with Crippen molar-refractivity contribution in [1.29, 1.82) is 0 Å². The Balaban J connectivity index is 2.41. The first-order valence-electron chi connectivity index (χ1n) is 5.67. The van der Waals surface area contributed by atoms with E-state index in [1.165, 1.54) is 0 Å². The van der Waals surface area contributed by atoms with Crippen LogP contribution >= 0.6 is 11.6 Å². The second-order valence-electron chi connectivity index (χ2n) is 3.82. The molecule has 4 nitrogen and oxygen atoms in total. The van der Waals surface area contributed by atoms with Crippen molar-refractivity contribution >= 4 is 35.3 Å². The Bertz CT molecular complexity index is 638. The highest BCUT2D eigenvalue weighted by Gasteiger charge is 2.09.